The zero-order chi connectivity index (χ0) is 46.1. The van der Waals surface area contributed by atoms with E-state index in [0.29, 0.717) is 0 Å². The molecule has 0 N–H and O–H groups in total. The Labute approximate surface area is 400 Å². The maximum Gasteiger partial charge on any atom is 0.252 e. The van der Waals surface area contributed by atoms with E-state index >= 15 is 0 Å². The van der Waals surface area contributed by atoms with Crippen LogP contribution in [-0.4, -0.2) is 6.71 Å². The predicted molar refractivity (Wildman–Crippen MR) is 284 cm³/mol. The summed E-state index contributed by atoms with van der Waals surface area (Å²) in [5, 5.41) is 0. The van der Waals surface area contributed by atoms with Crippen molar-refractivity contribution in [2.24, 2.45) is 0 Å². The average Bonchev–Trinajstić information content (AvgIpc) is 3.35. The zero-order valence-corrected chi connectivity index (χ0v) is 39.5. The Morgan fingerprint density at radius 1 is 0.412 bits per heavy atom. The highest BCUT2D eigenvalue weighted by Crippen LogP contribution is 2.63. The summed E-state index contributed by atoms with van der Waals surface area (Å²) in [6.45, 7) is 13.8. The molecule has 0 amide bonds. The molecule has 68 heavy (non-hydrogen) atoms. The first-order chi connectivity index (χ1) is 33.0. The molecule has 4 aliphatic rings. The third kappa shape index (κ3) is 5.75. The minimum Gasteiger partial charge on any atom is -0.457 e. The highest BCUT2D eigenvalue weighted by Gasteiger charge is 2.55. The van der Waals surface area contributed by atoms with Gasteiger partial charge < -0.3 is 19.4 Å². The summed E-state index contributed by atoms with van der Waals surface area (Å²) in [5.41, 5.74) is 21.0. The SMILES string of the molecule is CC(C)(C)c1ccc(N2c3ccc(C(C)(C)C)cc3B3c4cccc5c4N(c4ccccc4C54c5ccccc5Oc5ccccc54)c4cc(N(c5ccccc5)c5ccccc5)cc2c43)cc1. The lowest BCUT2D eigenvalue weighted by atomic mass is 9.32. The number of hydrogen-bond donors (Lipinski definition) is 0. The van der Waals surface area contributed by atoms with Crippen LogP contribution in [0.15, 0.2) is 206 Å². The molecule has 0 radical (unpaired) electrons. The molecule has 13 rings (SSSR count). The number of anilines is 9. The van der Waals surface area contributed by atoms with Gasteiger partial charge in [0.25, 0.3) is 6.71 Å². The molecule has 0 aromatic heterocycles. The molecule has 9 aromatic carbocycles. The van der Waals surface area contributed by atoms with Crippen LogP contribution in [0.1, 0.15) is 74.9 Å². The minimum absolute atomic E-state index is 0.0158. The van der Waals surface area contributed by atoms with Crippen molar-refractivity contribution >= 4 is 74.3 Å². The van der Waals surface area contributed by atoms with Crippen molar-refractivity contribution in [1.82, 2.24) is 0 Å². The van der Waals surface area contributed by atoms with Crippen LogP contribution in [0.3, 0.4) is 0 Å². The van der Waals surface area contributed by atoms with Crippen molar-refractivity contribution < 1.29 is 4.74 Å². The molecule has 0 aliphatic carbocycles. The molecular weight excluding hydrogens is 826 g/mol. The summed E-state index contributed by atoms with van der Waals surface area (Å²) < 4.78 is 6.83. The topological polar surface area (TPSA) is 19.0 Å². The highest BCUT2D eigenvalue weighted by molar-refractivity contribution is 7.00. The Morgan fingerprint density at radius 3 is 1.56 bits per heavy atom. The molecule has 9 aromatic rings. The third-order valence-electron chi connectivity index (χ3n) is 15.0. The quantitative estimate of drug-likeness (QED) is 0.164. The van der Waals surface area contributed by atoms with E-state index in [1.807, 2.05) is 0 Å². The van der Waals surface area contributed by atoms with Gasteiger partial charge in [-0.05, 0) is 122 Å². The molecule has 0 unspecified atom stereocenters. The Morgan fingerprint density at radius 2 is 0.941 bits per heavy atom. The molecule has 328 valence electrons. The van der Waals surface area contributed by atoms with Gasteiger partial charge in [-0.25, -0.2) is 0 Å². The van der Waals surface area contributed by atoms with Crippen LogP contribution in [0.5, 0.6) is 11.5 Å². The van der Waals surface area contributed by atoms with E-state index in [1.54, 1.807) is 0 Å². The Balaban J connectivity index is 1.19. The van der Waals surface area contributed by atoms with Gasteiger partial charge in [-0.3, -0.25) is 0 Å². The van der Waals surface area contributed by atoms with E-state index < -0.39 is 5.41 Å². The predicted octanol–water partition coefficient (Wildman–Crippen LogP) is 14.6. The van der Waals surface area contributed by atoms with Gasteiger partial charge >= 0.3 is 0 Å². The van der Waals surface area contributed by atoms with E-state index in [1.165, 1.54) is 61.4 Å². The largest absolute Gasteiger partial charge is 0.457 e. The van der Waals surface area contributed by atoms with Crippen LogP contribution in [0.25, 0.3) is 0 Å². The molecule has 0 saturated heterocycles. The van der Waals surface area contributed by atoms with Crippen molar-refractivity contribution in [3.05, 3.63) is 240 Å². The molecule has 4 nitrogen and oxygen atoms in total. The first-order valence-electron chi connectivity index (χ1n) is 24.0. The van der Waals surface area contributed by atoms with Crippen molar-refractivity contribution in [2.45, 2.75) is 57.8 Å². The summed E-state index contributed by atoms with van der Waals surface area (Å²) in [4.78, 5) is 7.60. The first-order valence-corrected chi connectivity index (χ1v) is 24.0. The second-order valence-electron chi connectivity index (χ2n) is 20.9. The standard InChI is InChI=1S/C63H52BN3O/c1-61(2,3)41-32-35-45(36-33-41)66-54-37-34-42(62(4,5)6)38-52(54)64-51-28-19-27-50-60(51)67(56-40-46(39-55(66)59(56)64)65(43-20-9-7-10-21-43)44-22-11-8-12-23-44)53-29-16-13-24-47(53)63(50)48-25-14-17-30-57(48)68-58-31-18-15-26-49(58)63/h7-40H,1-6H3. The van der Waals surface area contributed by atoms with Crippen molar-refractivity contribution in [3.8, 4) is 11.5 Å². The number of nitrogens with zero attached hydrogens (tertiary/aromatic N) is 3. The summed E-state index contributed by atoms with van der Waals surface area (Å²) in [6, 6.07) is 76.9. The molecule has 0 fully saturated rings. The second-order valence-corrected chi connectivity index (χ2v) is 20.9. The molecule has 5 heteroatoms. The lowest BCUT2D eigenvalue weighted by molar-refractivity contribution is 0.434. The normalized spacial score (nSPS) is 14.5. The monoisotopic (exact) mass is 877 g/mol. The number of hydrogen-bond acceptors (Lipinski definition) is 4. The van der Waals surface area contributed by atoms with E-state index in [2.05, 4.69) is 262 Å². The van der Waals surface area contributed by atoms with E-state index in [0.717, 1.165) is 51.1 Å². The smallest absolute Gasteiger partial charge is 0.252 e. The Hall–Kier alpha value is -7.76. The highest BCUT2D eigenvalue weighted by atomic mass is 16.5. The molecule has 0 atom stereocenters. The van der Waals surface area contributed by atoms with Gasteiger partial charge in [0.2, 0.25) is 0 Å². The lowest BCUT2D eigenvalue weighted by Gasteiger charge is -2.52. The van der Waals surface area contributed by atoms with Crippen molar-refractivity contribution in [2.75, 3.05) is 14.7 Å². The maximum atomic E-state index is 6.83. The van der Waals surface area contributed by atoms with E-state index in [4.69, 9.17) is 4.74 Å². The van der Waals surface area contributed by atoms with E-state index in [-0.39, 0.29) is 17.5 Å². The summed E-state index contributed by atoms with van der Waals surface area (Å²) in [6.07, 6.45) is 0. The number of para-hydroxylation sites is 6. The van der Waals surface area contributed by atoms with Crippen LogP contribution in [0.2, 0.25) is 0 Å². The zero-order valence-electron chi connectivity index (χ0n) is 39.5. The minimum atomic E-state index is -0.659. The van der Waals surface area contributed by atoms with Gasteiger partial charge in [-0.15, -0.1) is 0 Å². The number of benzene rings is 9. The number of ether oxygens (including phenoxy) is 1. The van der Waals surface area contributed by atoms with Crippen molar-refractivity contribution in [3.63, 3.8) is 0 Å². The summed E-state index contributed by atoms with van der Waals surface area (Å²) in [5.74, 6) is 1.78. The lowest BCUT2D eigenvalue weighted by Crippen LogP contribution is -2.62. The number of rotatable bonds is 4. The van der Waals surface area contributed by atoms with E-state index in [9.17, 15) is 0 Å². The van der Waals surface area contributed by atoms with Gasteiger partial charge in [0.05, 0.1) is 16.8 Å². The van der Waals surface area contributed by atoms with Gasteiger partial charge in [-0.1, -0.05) is 175 Å². The average molecular weight is 878 g/mol. The molecule has 4 aliphatic heterocycles. The Kier molecular flexibility index (Phi) is 8.71. The fourth-order valence-electron chi connectivity index (χ4n) is 11.9. The van der Waals surface area contributed by atoms with Crippen LogP contribution in [0, 0.1) is 0 Å². The summed E-state index contributed by atoms with van der Waals surface area (Å²) in [7, 11) is 0. The van der Waals surface area contributed by atoms with Crippen LogP contribution in [-0.2, 0) is 16.2 Å². The van der Waals surface area contributed by atoms with Crippen LogP contribution in [0.4, 0.5) is 51.2 Å². The first kappa shape index (κ1) is 40.5. The van der Waals surface area contributed by atoms with Gasteiger partial charge in [0.15, 0.2) is 0 Å². The fourth-order valence-corrected chi connectivity index (χ4v) is 11.9. The molecule has 1 spiro atoms. The van der Waals surface area contributed by atoms with Crippen LogP contribution < -0.4 is 35.8 Å². The van der Waals surface area contributed by atoms with Crippen LogP contribution >= 0.6 is 0 Å². The third-order valence-corrected chi connectivity index (χ3v) is 15.0. The number of fused-ring (bicyclic) bond motifs is 12. The van der Waals surface area contributed by atoms with Gasteiger partial charge in [0, 0.05) is 50.9 Å². The summed E-state index contributed by atoms with van der Waals surface area (Å²) >= 11 is 0. The fraction of sp³-hybridized carbons (Fsp3) is 0.143. The molecule has 4 heterocycles. The van der Waals surface area contributed by atoms with Gasteiger partial charge in [-0.2, -0.15) is 0 Å². The second kappa shape index (κ2) is 14.6. The maximum absolute atomic E-state index is 6.83. The van der Waals surface area contributed by atoms with Crippen molar-refractivity contribution in [1.29, 1.82) is 0 Å². The van der Waals surface area contributed by atoms with Gasteiger partial charge in [0.1, 0.15) is 11.5 Å². The molecular formula is C63H52BN3O. The molecule has 0 bridgehead atoms. The molecule has 0 saturated carbocycles. The Bertz CT molecular complexity index is 3390.